The number of nitrogens with one attached hydrogen (secondary N) is 1. The molecule has 0 aliphatic rings. The van der Waals surface area contributed by atoms with Crippen molar-refractivity contribution < 1.29 is 9.13 Å². The topological polar surface area (TPSA) is 21.3 Å². The van der Waals surface area contributed by atoms with E-state index in [1.54, 1.807) is 12.1 Å². The zero-order chi connectivity index (χ0) is 15.5. The van der Waals surface area contributed by atoms with Crippen molar-refractivity contribution in [3.8, 4) is 11.5 Å². The van der Waals surface area contributed by atoms with Gasteiger partial charge in [-0.15, -0.1) is 0 Å². The van der Waals surface area contributed by atoms with Crippen LogP contribution in [0.25, 0.3) is 0 Å². The lowest BCUT2D eigenvalue weighted by atomic mass is 10.1. The molecule has 0 heterocycles. The second-order valence-electron chi connectivity index (χ2n) is 5.85. The Morgan fingerprint density at radius 2 is 1.71 bits per heavy atom. The number of benzene rings is 2. The molecule has 0 radical (unpaired) electrons. The summed E-state index contributed by atoms with van der Waals surface area (Å²) in [5, 5.41) is 3.30. The molecule has 0 saturated carbocycles. The summed E-state index contributed by atoms with van der Waals surface area (Å²) >= 11 is 2.21. The molecule has 21 heavy (non-hydrogen) atoms. The maximum atomic E-state index is 14.1. The van der Waals surface area contributed by atoms with Gasteiger partial charge in [0.25, 0.3) is 0 Å². The van der Waals surface area contributed by atoms with Gasteiger partial charge in [-0.25, -0.2) is 4.39 Å². The molecule has 2 rings (SSSR count). The SMILES string of the molecule is CC(C)(C)NCc1c(F)cccc1Oc1ccccc1I. The molecule has 2 nitrogen and oxygen atoms in total. The molecule has 0 atom stereocenters. The summed E-state index contributed by atoms with van der Waals surface area (Å²) < 4.78 is 21.0. The fourth-order valence-corrected chi connectivity index (χ4v) is 2.30. The fraction of sp³-hybridized carbons (Fsp3) is 0.294. The maximum absolute atomic E-state index is 14.1. The Morgan fingerprint density at radius 1 is 1.05 bits per heavy atom. The number of rotatable bonds is 4. The minimum absolute atomic E-state index is 0.0826. The van der Waals surface area contributed by atoms with E-state index in [0.717, 1.165) is 9.32 Å². The van der Waals surface area contributed by atoms with Crippen molar-refractivity contribution in [3.63, 3.8) is 0 Å². The zero-order valence-corrected chi connectivity index (χ0v) is 14.6. The Labute approximate surface area is 138 Å². The van der Waals surface area contributed by atoms with Gasteiger partial charge in [-0.1, -0.05) is 18.2 Å². The van der Waals surface area contributed by atoms with Gasteiger partial charge in [0.2, 0.25) is 0 Å². The van der Waals surface area contributed by atoms with Crippen LogP contribution in [0, 0.1) is 9.39 Å². The lowest BCUT2D eigenvalue weighted by Crippen LogP contribution is -2.35. The van der Waals surface area contributed by atoms with Crippen LogP contribution in [0.1, 0.15) is 26.3 Å². The fourth-order valence-electron chi connectivity index (χ4n) is 1.81. The smallest absolute Gasteiger partial charge is 0.140 e. The molecular formula is C17H19FINO. The first-order valence-corrected chi connectivity index (χ1v) is 7.89. The van der Waals surface area contributed by atoms with Gasteiger partial charge >= 0.3 is 0 Å². The lowest BCUT2D eigenvalue weighted by Gasteiger charge is -2.22. The van der Waals surface area contributed by atoms with Crippen LogP contribution in [0.15, 0.2) is 42.5 Å². The van der Waals surface area contributed by atoms with E-state index in [1.165, 1.54) is 6.07 Å². The Kier molecular flexibility index (Phi) is 5.22. The van der Waals surface area contributed by atoms with Gasteiger partial charge in [-0.3, -0.25) is 0 Å². The molecule has 0 spiro atoms. The van der Waals surface area contributed by atoms with Crippen molar-refractivity contribution in [1.82, 2.24) is 5.32 Å². The van der Waals surface area contributed by atoms with Crippen LogP contribution in [0.4, 0.5) is 4.39 Å². The molecule has 0 aromatic heterocycles. The van der Waals surface area contributed by atoms with Gasteiger partial charge in [0.05, 0.1) is 3.57 Å². The molecule has 0 aliphatic heterocycles. The highest BCUT2D eigenvalue weighted by Gasteiger charge is 2.15. The highest BCUT2D eigenvalue weighted by Crippen LogP contribution is 2.30. The minimum atomic E-state index is -0.254. The molecule has 0 saturated heterocycles. The van der Waals surface area contributed by atoms with Crippen LogP contribution in [0.5, 0.6) is 11.5 Å². The molecule has 2 aromatic rings. The summed E-state index contributed by atoms with van der Waals surface area (Å²) in [6.07, 6.45) is 0. The van der Waals surface area contributed by atoms with Crippen molar-refractivity contribution in [3.05, 3.63) is 57.4 Å². The predicted molar refractivity (Wildman–Crippen MR) is 92.2 cm³/mol. The van der Waals surface area contributed by atoms with Gasteiger partial charge in [0.15, 0.2) is 0 Å². The molecule has 4 heteroatoms. The molecule has 0 fully saturated rings. The van der Waals surface area contributed by atoms with E-state index < -0.39 is 0 Å². The number of halogens is 2. The van der Waals surface area contributed by atoms with Gasteiger partial charge < -0.3 is 10.1 Å². The largest absolute Gasteiger partial charge is 0.456 e. The van der Waals surface area contributed by atoms with Crippen LogP contribution < -0.4 is 10.1 Å². The quantitative estimate of drug-likeness (QED) is 0.722. The summed E-state index contributed by atoms with van der Waals surface area (Å²) in [4.78, 5) is 0. The summed E-state index contributed by atoms with van der Waals surface area (Å²) in [6.45, 7) is 6.58. The van der Waals surface area contributed by atoms with E-state index in [2.05, 4.69) is 48.7 Å². The number of ether oxygens (including phenoxy) is 1. The number of para-hydroxylation sites is 1. The van der Waals surface area contributed by atoms with E-state index in [1.807, 2.05) is 24.3 Å². The van der Waals surface area contributed by atoms with E-state index in [4.69, 9.17) is 4.74 Å². The molecular weight excluding hydrogens is 380 g/mol. The van der Waals surface area contributed by atoms with Crippen LogP contribution >= 0.6 is 22.6 Å². The minimum Gasteiger partial charge on any atom is -0.456 e. The van der Waals surface area contributed by atoms with Gasteiger partial charge in [0.1, 0.15) is 17.3 Å². The van der Waals surface area contributed by atoms with Crippen LogP contribution in [0.3, 0.4) is 0 Å². The highest BCUT2D eigenvalue weighted by atomic mass is 127. The average Bonchev–Trinajstić information content (AvgIpc) is 2.39. The van der Waals surface area contributed by atoms with Crippen molar-refractivity contribution in [2.24, 2.45) is 0 Å². The van der Waals surface area contributed by atoms with E-state index in [0.29, 0.717) is 17.9 Å². The van der Waals surface area contributed by atoms with E-state index >= 15 is 0 Å². The Hall–Kier alpha value is -1.14. The summed E-state index contributed by atoms with van der Waals surface area (Å²) in [7, 11) is 0. The van der Waals surface area contributed by atoms with Gasteiger partial charge in [0, 0.05) is 17.6 Å². The van der Waals surface area contributed by atoms with E-state index in [9.17, 15) is 4.39 Å². The third-order valence-corrected chi connectivity index (χ3v) is 3.82. The van der Waals surface area contributed by atoms with Crippen LogP contribution in [-0.4, -0.2) is 5.54 Å². The first-order valence-electron chi connectivity index (χ1n) is 6.81. The maximum Gasteiger partial charge on any atom is 0.140 e. The Balaban J connectivity index is 2.27. The van der Waals surface area contributed by atoms with Gasteiger partial charge in [-0.05, 0) is 67.6 Å². The van der Waals surface area contributed by atoms with Crippen molar-refractivity contribution in [1.29, 1.82) is 0 Å². The molecule has 0 unspecified atom stereocenters. The van der Waals surface area contributed by atoms with Gasteiger partial charge in [-0.2, -0.15) is 0 Å². The van der Waals surface area contributed by atoms with Crippen molar-refractivity contribution >= 4 is 22.6 Å². The number of hydrogen-bond donors (Lipinski definition) is 1. The molecule has 0 aliphatic carbocycles. The van der Waals surface area contributed by atoms with E-state index in [-0.39, 0.29) is 11.4 Å². The summed E-state index contributed by atoms with van der Waals surface area (Å²) in [5.41, 5.74) is 0.466. The van der Waals surface area contributed by atoms with Crippen molar-refractivity contribution in [2.45, 2.75) is 32.9 Å². The second-order valence-corrected chi connectivity index (χ2v) is 7.01. The molecule has 0 amide bonds. The molecule has 2 aromatic carbocycles. The standard InChI is InChI=1S/C17H19FINO/c1-17(2,3)20-11-12-13(18)7-6-10-15(12)21-16-9-5-4-8-14(16)19/h4-10,20H,11H2,1-3H3. The Morgan fingerprint density at radius 3 is 2.38 bits per heavy atom. The second kappa shape index (κ2) is 6.75. The summed E-state index contributed by atoms with van der Waals surface area (Å²) in [5.74, 6) is 1.03. The number of hydrogen-bond acceptors (Lipinski definition) is 2. The molecule has 112 valence electrons. The molecule has 0 bridgehead atoms. The average molecular weight is 399 g/mol. The first kappa shape index (κ1) is 16.2. The van der Waals surface area contributed by atoms with Crippen molar-refractivity contribution in [2.75, 3.05) is 0 Å². The Bertz CT molecular complexity index is 622. The highest BCUT2D eigenvalue weighted by molar-refractivity contribution is 14.1. The monoisotopic (exact) mass is 399 g/mol. The lowest BCUT2D eigenvalue weighted by molar-refractivity contribution is 0.405. The molecule has 1 N–H and O–H groups in total. The third-order valence-electron chi connectivity index (χ3n) is 2.93. The summed E-state index contributed by atoms with van der Waals surface area (Å²) in [6, 6.07) is 12.6. The third kappa shape index (κ3) is 4.68. The predicted octanol–water partition coefficient (Wildman–Crippen LogP) is 5.11. The normalized spacial score (nSPS) is 11.5. The van der Waals surface area contributed by atoms with Crippen LogP contribution in [-0.2, 0) is 6.54 Å². The van der Waals surface area contributed by atoms with Crippen LogP contribution in [0.2, 0.25) is 0 Å². The first-order chi connectivity index (χ1) is 9.87. The zero-order valence-electron chi connectivity index (χ0n) is 12.4.